The number of halogens is 1. The molecule has 1 aliphatic heterocycles. The molecule has 0 atom stereocenters. The molecule has 4 nitrogen and oxygen atoms in total. The molecule has 0 bridgehead atoms. The Morgan fingerprint density at radius 3 is 2.80 bits per heavy atom. The summed E-state index contributed by atoms with van der Waals surface area (Å²) in [6.07, 6.45) is 2.19. The summed E-state index contributed by atoms with van der Waals surface area (Å²) in [5.74, 6) is -0.319. The second-order valence-corrected chi connectivity index (χ2v) is 5.02. The molecule has 1 fully saturated rings. The highest BCUT2D eigenvalue weighted by atomic mass is 19.1. The van der Waals surface area contributed by atoms with Crippen molar-refractivity contribution in [1.29, 1.82) is 5.26 Å². The minimum absolute atomic E-state index is 0.117. The van der Waals surface area contributed by atoms with Gasteiger partial charge in [0.2, 0.25) is 0 Å². The molecule has 1 saturated heterocycles. The van der Waals surface area contributed by atoms with Crippen LogP contribution < -0.4 is 4.90 Å². The van der Waals surface area contributed by atoms with Crippen LogP contribution in [0.3, 0.4) is 0 Å². The quantitative estimate of drug-likeness (QED) is 0.772. The molecule has 2 rings (SSSR count). The lowest BCUT2D eigenvalue weighted by molar-refractivity contribution is -0.116. The minimum Gasteiger partial charge on any atom is -0.383 e. The van der Waals surface area contributed by atoms with Gasteiger partial charge in [0.1, 0.15) is 5.82 Å². The molecule has 0 radical (unpaired) electrons. The van der Waals surface area contributed by atoms with Crippen molar-refractivity contribution in [3.63, 3.8) is 0 Å². The summed E-state index contributed by atoms with van der Waals surface area (Å²) in [6, 6.07) is 6.18. The Morgan fingerprint density at radius 1 is 1.40 bits per heavy atom. The van der Waals surface area contributed by atoms with E-state index in [4.69, 9.17) is 5.26 Å². The van der Waals surface area contributed by atoms with Crippen molar-refractivity contribution < 1.29 is 9.18 Å². The Labute approximate surface area is 117 Å². The van der Waals surface area contributed by atoms with Crippen molar-refractivity contribution in [3.05, 3.63) is 41.4 Å². The van der Waals surface area contributed by atoms with Crippen LogP contribution in [0.5, 0.6) is 0 Å². The van der Waals surface area contributed by atoms with Crippen LogP contribution in [-0.4, -0.2) is 37.9 Å². The molecule has 104 valence electrons. The zero-order valence-corrected chi connectivity index (χ0v) is 11.6. The SMILES string of the molecule is CN(C)/C=C1/CN(c2cc(F)cc(C#N)c2)CCC1=O. The van der Waals surface area contributed by atoms with E-state index in [0.717, 1.165) is 0 Å². The number of hydrogen-bond donors (Lipinski definition) is 0. The van der Waals surface area contributed by atoms with Gasteiger partial charge in [-0.05, 0) is 18.2 Å². The topological polar surface area (TPSA) is 47.3 Å². The molecule has 0 saturated carbocycles. The third kappa shape index (κ3) is 3.15. The molecule has 20 heavy (non-hydrogen) atoms. The van der Waals surface area contributed by atoms with E-state index in [1.54, 1.807) is 12.3 Å². The van der Waals surface area contributed by atoms with Gasteiger partial charge in [-0.15, -0.1) is 0 Å². The lowest BCUT2D eigenvalue weighted by Crippen LogP contribution is -2.36. The minimum atomic E-state index is -0.436. The summed E-state index contributed by atoms with van der Waals surface area (Å²) in [7, 11) is 3.71. The first kappa shape index (κ1) is 14.1. The molecule has 1 heterocycles. The van der Waals surface area contributed by atoms with Crippen LogP contribution in [0.25, 0.3) is 0 Å². The van der Waals surface area contributed by atoms with E-state index in [-0.39, 0.29) is 11.3 Å². The predicted molar refractivity (Wildman–Crippen MR) is 74.7 cm³/mol. The molecular formula is C15H16FN3O. The second-order valence-electron chi connectivity index (χ2n) is 5.02. The number of carbonyl (C=O) groups is 1. The summed E-state index contributed by atoms with van der Waals surface area (Å²) in [4.78, 5) is 15.6. The molecule has 0 amide bonds. The van der Waals surface area contributed by atoms with Crippen LogP contribution in [0.15, 0.2) is 30.0 Å². The van der Waals surface area contributed by atoms with Crippen LogP contribution >= 0.6 is 0 Å². The second kappa shape index (κ2) is 5.74. The van der Waals surface area contributed by atoms with Crippen LogP contribution in [0.4, 0.5) is 10.1 Å². The largest absolute Gasteiger partial charge is 0.383 e. The van der Waals surface area contributed by atoms with E-state index in [1.807, 2.05) is 30.0 Å². The van der Waals surface area contributed by atoms with Crippen molar-refractivity contribution in [2.24, 2.45) is 0 Å². The average Bonchev–Trinajstić information content (AvgIpc) is 2.40. The molecule has 0 spiro atoms. The van der Waals surface area contributed by atoms with Crippen LogP contribution in [0.2, 0.25) is 0 Å². The van der Waals surface area contributed by atoms with Crippen LogP contribution in [-0.2, 0) is 4.79 Å². The molecule has 0 aliphatic carbocycles. The number of benzene rings is 1. The van der Waals surface area contributed by atoms with Crippen molar-refractivity contribution >= 4 is 11.5 Å². The van der Waals surface area contributed by atoms with E-state index in [1.165, 1.54) is 12.1 Å². The smallest absolute Gasteiger partial charge is 0.163 e. The fraction of sp³-hybridized carbons (Fsp3) is 0.333. The number of ketones is 1. The standard InChI is InChI=1S/C15H16FN3O/c1-18(2)9-12-10-19(4-3-15(12)20)14-6-11(8-17)5-13(16)7-14/h5-7,9H,3-4,10H2,1-2H3/b12-9-. The van der Waals surface area contributed by atoms with Gasteiger partial charge in [-0.1, -0.05) is 0 Å². The van der Waals surface area contributed by atoms with E-state index in [2.05, 4.69) is 0 Å². The normalized spacial score (nSPS) is 17.2. The Hall–Kier alpha value is -2.35. The zero-order valence-electron chi connectivity index (χ0n) is 11.6. The van der Waals surface area contributed by atoms with Gasteiger partial charge in [0.15, 0.2) is 5.78 Å². The van der Waals surface area contributed by atoms with Crippen molar-refractivity contribution in [1.82, 2.24) is 4.90 Å². The van der Waals surface area contributed by atoms with Crippen molar-refractivity contribution in [3.8, 4) is 6.07 Å². The third-order valence-electron chi connectivity index (χ3n) is 3.12. The van der Waals surface area contributed by atoms with Gasteiger partial charge in [0.05, 0.1) is 11.6 Å². The maximum Gasteiger partial charge on any atom is 0.163 e. The van der Waals surface area contributed by atoms with Gasteiger partial charge < -0.3 is 9.80 Å². The Morgan fingerprint density at radius 2 is 2.15 bits per heavy atom. The van der Waals surface area contributed by atoms with Gasteiger partial charge in [0, 0.05) is 51.1 Å². The Bertz CT molecular complexity index is 602. The molecular weight excluding hydrogens is 257 g/mol. The van der Waals surface area contributed by atoms with Crippen LogP contribution in [0, 0.1) is 17.1 Å². The summed E-state index contributed by atoms with van der Waals surface area (Å²) in [6.45, 7) is 0.975. The van der Waals surface area contributed by atoms with E-state index in [0.29, 0.717) is 30.8 Å². The van der Waals surface area contributed by atoms with Crippen molar-refractivity contribution in [2.45, 2.75) is 6.42 Å². The molecule has 0 unspecified atom stereocenters. The highest BCUT2D eigenvalue weighted by Crippen LogP contribution is 2.23. The number of rotatable bonds is 2. The third-order valence-corrected chi connectivity index (χ3v) is 3.12. The fourth-order valence-electron chi connectivity index (χ4n) is 2.24. The Balaban J connectivity index is 2.28. The highest BCUT2D eigenvalue weighted by molar-refractivity contribution is 5.97. The highest BCUT2D eigenvalue weighted by Gasteiger charge is 2.22. The molecule has 5 heteroatoms. The number of carbonyl (C=O) groups excluding carboxylic acids is 1. The summed E-state index contributed by atoms with van der Waals surface area (Å²) < 4.78 is 13.5. The zero-order chi connectivity index (χ0) is 14.7. The first-order chi connectivity index (χ1) is 9.49. The summed E-state index contributed by atoms with van der Waals surface area (Å²) >= 11 is 0. The molecule has 1 aromatic rings. The van der Waals surface area contributed by atoms with Gasteiger partial charge in [0.25, 0.3) is 0 Å². The lowest BCUT2D eigenvalue weighted by atomic mass is 10.0. The van der Waals surface area contributed by atoms with Crippen molar-refractivity contribution in [2.75, 3.05) is 32.1 Å². The number of Topliss-reactive ketones (excluding diaryl/α,β-unsaturated/α-hetero) is 1. The monoisotopic (exact) mass is 273 g/mol. The van der Waals surface area contributed by atoms with Gasteiger partial charge in [-0.2, -0.15) is 5.26 Å². The number of anilines is 1. The van der Waals surface area contributed by atoms with Gasteiger partial charge >= 0.3 is 0 Å². The first-order valence-corrected chi connectivity index (χ1v) is 6.35. The molecule has 1 aliphatic rings. The summed E-state index contributed by atoms with van der Waals surface area (Å²) in [5.41, 5.74) is 1.62. The van der Waals surface area contributed by atoms with Crippen LogP contribution in [0.1, 0.15) is 12.0 Å². The average molecular weight is 273 g/mol. The Kier molecular flexibility index (Phi) is 4.04. The van der Waals surface area contributed by atoms with Gasteiger partial charge in [-0.25, -0.2) is 4.39 Å². The van der Waals surface area contributed by atoms with E-state index >= 15 is 0 Å². The maximum absolute atomic E-state index is 13.5. The fourth-order valence-corrected chi connectivity index (χ4v) is 2.24. The van der Waals surface area contributed by atoms with E-state index in [9.17, 15) is 9.18 Å². The maximum atomic E-state index is 13.5. The molecule has 0 aromatic heterocycles. The lowest BCUT2D eigenvalue weighted by Gasteiger charge is -2.30. The molecule has 1 aromatic carbocycles. The number of piperidine rings is 1. The number of nitrogens with zero attached hydrogens (tertiary/aromatic N) is 3. The predicted octanol–water partition coefficient (Wildman–Crippen LogP) is 1.92. The first-order valence-electron chi connectivity index (χ1n) is 6.35. The summed E-state index contributed by atoms with van der Waals surface area (Å²) in [5, 5.41) is 8.89. The molecule has 0 N–H and O–H groups in total. The number of nitriles is 1. The van der Waals surface area contributed by atoms with Gasteiger partial charge in [-0.3, -0.25) is 4.79 Å². The number of hydrogen-bond acceptors (Lipinski definition) is 4. The van der Waals surface area contributed by atoms with E-state index < -0.39 is 5.82 Å².